The Balaban J connectivity index is 2.26. The van der Waals surface area contributed by atoms with Gasteiger partial charge >= 0.3 is 0 Å². The van der Waals surface area contributed by atoms with Crippen LogP contribution in [0.15, 0.2) is 30.3 Å². The predicted octanol–water partition coefficient (Wildman–Crippen LogP) is 1.39. The Hall–Kier alpha value is -0.860. The zero-order chi connectivity index (χ0) is 9.31. The SMILES string of the molecule is N[C@H]1CC[C@](O)(c2ccccc2)C1. The number of hydrogen-bond acceptors (Lipinski definition) is 2. The average Bonchev–Trinajstić information content (AvgIpc) is 2.49. The van der Waals surface area contributed by atoms with E-state index in [1.54, 1.807) is 0 Å². The highest BCUT2D eigenvalue weighted by Crippen LogP contribution is 2.37. The first-order chi connectivity index (χ1) is 6.21. The molecule has 0 unspecified atom stereocenters. The molecule has 0 heterocycles. The summed E-state index contributed by atoms with van der Waals surface area (Å²) in [6, 6.07) is 9.97. The van der Waals surface area contributed by atoms with Crippen molar-refractivity contribution in [3.8, 4) is 0 Å². The molecule has 3 N–H and O–H groups in total. The number of hydrogen-bond donors (Lipinski definition) is 2. The Morgan fingerprint density at radius 1 is 1.31 bits per heavy atom. The number of benzene rings is 1. The summed E-state index contributed by atoms with van der Waals surface area (Å²) >= 11 is 0. The fourth-order valence-electron chi connectivity index (χ4n) is 2.07. The van der Waals surface area contributed by atoms with Crippen LogP contribution in [0.2, 0.25) is 0 Å². The van der Waals surface area contributed by atoms with Crippen LogP contribution in [0.25, 0.3) is 0 Å². The molecule has 2 atom stereocenters. The van der Waals surface area contributed by atoms with Crippen molar-refractivity contribution in [1.82, 2.24) is 0 Å². The van der Waals surface area contributed by atoms with Crippen molar-refractivity contribution in [2.24, 2.45) is 5.73 Å². The van der Waals surface area contributed by atoms with Gasteiger partial charge in [0.2, 0.25) is 0 Å². The summed E-state index contributed by atoms with van der Waals surface area (Å²) < 4.78 is 0. The average molecular weight is 177 g/mol. The molecule has 2 rings (SSSR count). The molecule has 0 aliphatic heterocycles. The van der Waals surface area contributed by atoms with E-state index in [2.05, 4.69) is 0 Å². The molecular weight excluding hydrogens is 162 g/mol. The molecule has 0 radical (unpaired) electrons. The quantitative estimate of drug-likeness (QED) is 0.681. The predicted molar refractivity (Wildman–Crippen MR) is 52.2 cm³/mol. The summed E-state index contributed by atoms with van der Waals surface area (Å²) in [5.74, 6) is 0. The summed E-state index contributed by atoms with van der Waals surface area (Å²) in [6.07, 6.45) is 2.40. The Morgan fingerprint density at radius 3 is 2.54 bits per heavy atom. The number of nitrogens with two attached hydrogens (primary N) is 1. The molecular formula is C11H15NO. The van der Waals surface area contributed by atoms with Gasteiger partial charge < -0.3 is 10.8 Å². The van der Waals surface area contributed by atoms with E-state index >= 15 is 0 Å². The first-order valence-corrected chi connectivity index (χ1v) is 4.74. The van der Waals surface area contributed by atoms with Crippen molar-refractivity contribution in [2.75, 3.05) is 0 Å². The maximum atomic E-state index is 10.3. The molecule has 1 aliphatic carbocycles. The smallest absolute Gasteiger partial charge is 0.0911 e. The second kappa shape index (κ2) is 3.13. The molecule has 1 aromatic carbocycles. The van der Waals surface area contributed by atoms with E-state index in [4.69, 9.17) is 5.73 Å². The number of rotatable bonds is 1. The molecule has 0 saturated heterocycles. The normalized spacial score (nSPS) is 33.5. The minimum atomic E-state index is -0.666. The second-order valence-electron chi connectivity index (χ2n) is 3.90. The van der Waals surface area contributed by atoms with Crippen molar-refractivity contribution in [2.45, 2.75) is 30.9 Å². The third kappa shape index (κ3) is 1.60. The molecule has 0 bridgehead atoms. The molecule has 0 aromatic heterocycles. The zero-order valence-electron chi connectivity index (χ0n) is 7.61. The van der Waals surface area contributed by atoms with Crippen molar-refractivity contribution in [3.63, 3.8) is 0 Å². The summed E-state index contributed by atoms with van der Waals surface area (Å²) in [4.78, 5) is 0. The molecule has 1 saturated carbocycles. The Bertz CT molecular complexity index is 285. The molecule has 1 aromatic rings. The van der Waals surface area contributed by atoms with Gasteiger partial charge in [-0.2, -0.15) is 0 Å². The molecule has 1 fully saturated rings. The van der Waals surface area contributed by atoms with E-state index in [9.17, 15) is 5.11 Å². The van der Waals surface area contributed by atoms with Crippen LogP contribution >= 0.6 is 0 Å². The van der Waals surface area contributed by atoms with Crippen molar-refractivity contribution < 1.29 is 5.11 Å². The van der Waals surface area contributed by atoms with Crippen LogP contribution in [0, 0.1) is 0 Å². The van der Waals surface area contributed by atoms with Crippen LogP contribution < -0.4 is 5.73 Å². The first-order valence-electron chi connectivity index (χ1n) is 4.74. The maximum absolute atomic E-state index is 10.3. The molecule has 2 nitrogen and oxygen atoms in total. The molecule has 70 valence electrons. The summed E-state index contributed by atoms with van der Waals surface area (Å²) in [7, 11) is 0. The van der Waals surface area contributed by atoms with Crippen molar-refractivity contribution >= 4 is 0 Å². The van der Waals surface area contributed by atoms with Gasteiger partial charge in [0.15, 0.2) is 0 Å². The summed E-state index contributed by atoms with van der Waals surface area (Å²) in [6.45, 7) is 0. The van der Waals surface area contributed by atoms with Gasteiger partial charge in [-0.1, -0.05) is 30.3 Å². The van der Waals surface area contributed by atoms with Gasteiger partial charge in [-0.05, 0) is 24.8 Å². The van der Waals surface area contributed by atoms with Gasteiger partial charge in [-0.25, -0.2) is 0 Å². The topological polar surface area (TPSA) is 46.2 Å². The van der Waals surface area contributed by atoms with Gasteiger partial charge in [0.05, 0.1) is 5.60 Å². The lowest BCUT2D eigenvalue weighted by atomic mass is 9.92. The van der Waals surface area contributed by atoms with Crippen molar-refractivity contribution in [3.05, 3.63) is 35.9 Å². The molecule has 1 aliphatic rings. The van der Waals surface area contributed by atoms with Crippen LogP contribution in [-0.2, 0) is 5.60 Å². The van der Waals surface area contributed by atoms with E-state index in [-0.39, 0.29) is 6.04 Å². The van der Waals surface area contributed by atoms with Crippen LogP contribution in [0.4, 0.5) is 0 Å². The minimum absolute atomic E-state index is 0.158. The van der Waals surface area contributed by atoms with Gasteiger partial charge in [-0.15, -0.1) is 0 Å². The monoisotopic (exact) mass is 177 g/mol. The molecule has 2 heteroatoms. The molecule has 0 spiro atoms. The van der Waals surface area contributed by atoms with Crippen LogP contribution in [0.1, 0.15) is 24.8 Å². The Labute approximate surface area is 78.4 Å². The standard InChI is InChI=1S/C11H15NO/c12-10-6-7-11(13,8-10)9-4-2-1-3-5-9/h1-5,10,13H,6-8,12H2/t10-,11+/m0/s1. The van der Waals surface area contributed by atoms with Gasteiger partial charge in [0.1, 0.15) is 0 Å². The number of aliphatic hydroxyl groups is 1. The summed E-state index contributed by atoms with van der Waals surface area (Å²) in [5.41, 5.74) is 6.12. The van der Waals surface area contributed by atoms with Crippen LogP contribution in [0.3, 0.4) is 0 Å². The largest absolute Gasteiger partial charge is 0.385 e. The third-order valence-corrected chi connectivity index (χ3v) is 2.84. The molecule has 0 amide bonds. The Kier molecular flexibility index (Phi) is 2.10. The second-order valence-corrected chi connectivity index (χ2v) is 3.90. The lowest BCUT2D eigenvalue weighted by Gasteiger charge is -2.22. The lowest BCUT2D eigenvalue weighted by molar-refractivity contribution is 0.0431. The molecule has 13 heavy (non-hydrogen) atoms. The van der Waals surface area contributed by atoms with E-state index in [0.29, 0.717) is 6.42 Å². The van der Waals surface area contributed by atoms with Gasteiger partial charge in [0, 0.05) is 6.04 Å². The lowest BCUT2D eigenvalue weighted by Crippen LogP contribution is -2.25. The van der Waals surface area contributed by atoms with Crippen LogP contribution in [-0.4, -0.2) is 11.1 Å². The maximum Gasteiger partial charge on any atom is 0.0911 e. The fourth-order valence-corrected chi connectivity index (χ4v) is 2.07. The summed E-state index contributed by atoms with van der Waals surface area (Å²) in [5, 5.41) is 10.3. The van der Waals surface area contributed by atoms with Gasteiger partial charge in [-0.3, -0.25) is 0 Å². The zero-order valence-corrected chi connectivity index (χ0v) is 7.61. The van der Waals surface area contributed by atoms with Gasteiger partial charge in [0.25, 0.3) is 0 Å². The highest BCUT2D eigenvalue weighted by molar-refractivity contribution is 5.23. The highest BCUT2D eigenvalue weighted by Gasteiger charge is 2.36. The van der Waals surface area contributed by atoms with E-state index in [0.717, 1.165) is 18.4 Å². The van der Waals surface area contributed by atoms with E-state index in [1.807, 2.05) is 30.3 Å². The third-order valence-electron chi connectivity index (χ3n) is 2.84. The van der Waals surface area contributed by atoms with Crippen molar-refractivity contribution in [1.29, 1.82) is 0 Å². The first kappa shape index (κ1) is 8.73. The van der Waals surface area contributed by atoms with E-state index < -0.39 is 5.60 Å². The Morgan fingerprint density at radius 2 is 2.00 bits per heavy atom. The minimum Gasteiger partial charge on any atom is -0.385 e. The van der Waals surface area contributed by atoms with E-state index in [1.165, 1.54) is 0 Å². The highest BCUT2D eigenvalue weighted by atomic mass is 16.3. The van der Waals surface area contributed by atoms with Crippen LogP contribution in [0.5, 0.6) is 0 Å². The fraction of sp³-hybridized carbons (Fsp3) is 0.455.